The SMILES string of the molecule is C[N-]CCN(CCN)CCN. The van der Waals surface area contributed by atoms with Gasteiger partial charge in [-0.15, -0.1) is 6.54 Å². The largest absolute Gasteiger partial charge is 0.664 e. The molecule has 0 rings (SSSR count). The average Bonchev–Trinajstić information content (AvgIpc) is 2.01. The Morgan fingerprint density at radius 2 is 1.64 bits per heavy atom. The lowest BCUT2D eigenvalue weighted by atomic mass is 10.4. The molecule has 68 valence electrons. The smallest absolute Gasteiger partial charge is 0.0104 e. The van der Waals surface area contributed by atoms with Crippen LogP contribution in [0.2, 0.25) is 0 Å². The molecule has 0 saturated heterocycles. The molecule has 0 heterocycles. The summed E-state index contributed by atoms with van der Waals surface area (Å²) in [6, 6.07) is 0. The number of rotatable bonds is 7. The van der Waals surface area contributed by atoms with Crippen molar-refractivity contribution in [2.45, 2.75) is 0 Å². The maximum absolute atomic E-state index is 5.42. The van der Waals surface area contributed by atoms with E-state index in [-0.39, 0.29) is 0 Å². The van der Waals surface area contributed by atoms with Crippen LogP contribution in [0.15, 0.2) is 0 Å². The summed E-state index contributed by atoms with van der Waals surface area (Å²) in [5.41, 5.74) is 10.8. The monoisotopic (exact) mass is 159 g/mol. The normalized spacial score (nSPS) is 10.9. The van der Waals surface area contributed by atoms with Gasteiger partial charge >= 0.3 is 0 Å². The van der Waals surface area contributed by atoms with Crippen LogP contribution in [-0.4, -0.2) is 51.2 Å². The molecule has 0 saturated carbocycles. The van der Waals surface area contributed by atoms with Crippen LogP contribution in [0, 0.1) is 0 Å². The van der Waals surface area contributed by atoms with Crippen LogP contribution in [0.4, 0.5) is 0 Å². The fourth-order valence-corrected chi connectivity index (χ4v) is 0.942. The topological polar surface area (TPSA) is 69.4 Å². The molecule has 0 fully saturated rings. The van der Waals surface area contributed by atoms with Crippen molar-refractivity contribution in [3.63, 3.8) is 0 Å². The van der Waals surface area contributed by atoms with Gasteiger partial charge in [0.2, 0.25) is 0 Å². The Balaban J connectivity index is 3.34. The molecule has 0 atom stereocenters. The standard InChI is InChI=1S/C7H19N4/c1-10-4-7-11(5-2-8)6-3-9/h2-9H2,1H3/q-1. The van der Waals surface area contributed by atoms with Gasteiger partial charge in [0, 0.05) is 26.2 Å². The van der Waals surface area contributed by atoms with E-state index in [1.54, 1.807) is 0 Å². The summed E-state index contributed by atoms with van der Waals surface area (Å²) < 4.78 is 0. The van der Waals surface area contributed by atoms with Crippen molar-refractivity contribution >= 4 is 0 Å². The van der Waals surface area contributed by atoms with E-state index >= 15 is 0 Å². The van der Waals surface area contributed by atoms with Gasteiger partial charge in [-0.05, 0) is 6.54 Å². The van der Waals surface area contributed by atoms with Gasteiger partial charge in [0.15, 0.2) is 0 Å². The molecule has 4 heteroatoms. The van der Waals surface area contributed by atoms with Gasteiger partial charge in [0.05, 0.1) is 0 Å². The van der Waals surface area contributed by atoms with Gasteiger partial charge < -0.3 is 21.7 Å². The molecule has 0 radical (unpaired) electrons. The fourth-order valence-electron chi connectivity index (χ4n) is 0.942. The predicted molar refractivity (Wildman–Crippen MR) is 48.7 cm³/mol. The van der Waals surface area contributed by atoms with E-state index in [9.17, 15) is 0 Å². The summed E-state index contributed by atoms with van der Waals surface area (Å²) in [4.78, 5) is 2.23. The molecule has 0 aromatic rings. The molecule has 0 aromatic heterocycles. The molecule has 0 bridgehead atoms. The van der Waals surface area contributed by atoms with E-state index < -0.39 is 0 Å². The number of nitrogens with zero attached hydrogens (tertiary/aromatic N) is 2. The highest BCUT2D eigenvalue weighted by molar-refractivity contribution is 4.73. The maximum Gasteiger partial charge on any atom is 0.0104 e. The van der Waals surface area contributed by atoms with Crippen molar-refractivity contribution in [1.29, 1.82) is 0 Å². The van der Waals surface area contributed by atoms with Crippen molar-refractivity contribution in [3.8, 4) is 0 Å². The molecule has 0 aliphatic rings. The number of nitrogens with two attached hydrogens (primary N) is 2. The van der Waals surface area contributed by atoms with Gasteiger partial charge in [0.25, 0.3) is 0 Å². The first-order valence-corrected chi connectivity index (χ1v) is 4.03. The molecule has 4 N–H and O–H groups in total. The Kier molecular flexibility index (Phi) is 7.83. The third-order valence-electron chi connectivity index (χ3n) is 1.53. The zero-order valence-electron chi connectivity index (χ0n) is 7.29. The maximum atomic E-state index is 5.42. The van der Waals surface area contributed by atoms with Crippen LogP contribution in [0.3, 0.4) is 0 Å². The zero-order valence-corrected chi connectivity index (χ0v) is 7.29. The third-order valence-corrected chi connectivity index (χ3v) is 1.53. The summed E-state index contributed by atoms with van der Waals surface area (Å²) in [6.07, 6.45) is 0. The Labute approximate surface area is 68.9 Å². The lowest BCUT2D eigenvalue weighted by molar-refractivity contribution is 0.301. The van der Waals surface area contributed by atoms with Crippen LogP contribution >= 0.6 is 0 Å². The van der Waals surface area contributed by atoms with Crippen molar-refractivity contribution < 1.29 is 0 Å². The van der Waals surface area contributed by atoms with E-state index in [2.05, 4.69) is 10.2 Å². The van der Waals surface area contributed by atoms with Crippen molar-refractivity contribution in [2.24, 2.45) is 11.5 Å². The molecule has 0 spiro atoms. The zero-order chi connectivity index (χ0) is 8.53. The lowest BCUT2D eigenvalue weighted by Crippen LogP contribution is -2.35. The van der Waals surface area contributed by atoms with E-state index in [0.29, 0.717) is 13.1 Å². The quantitative estimate of drug-likeness (QED) is 0.511. The van der Waals surface area contributed by atoms with Crippen LogP contribution in [0.5, 0.6) is 0 Å². The summed E-state index contributed by atoms with van der Waals surface area (Å²) in [5, 5.41) is 4.02. The molecule has 0 aromatic carbocycles. The second-order valence-electron chi connectivity index (χ2n) is 2.46. The highest BCUT2D eigenvalue weighted by atomic mass is 15.1. The Morgan fingerprint density at radius 1 is 1.09 bits per heavy atom. The van der Waals surface area contributed by atoms with E-state index in [4.69, 9.17) is 11.5 Å². The minimum atomic E-state index is 0.698. The Morgan fingerprint density at radius 3 is 2.00 bits per heavy atom. The second-order valence-corrected chi connectivity index (χ2v) is 2.46. The highest BCUT2D eigenvalue weighted by Gasteiger charge is 1.97. The number of hydrogen-bond acceptors (Lipinski definition) is 3. The average molecular weight is 159 g/mol. The third kappa shape index (κ3) is 6.25. The Hall–Kier alpha value is -0.160. The molecule has 0 amide bonds. The van der Waals surface area contributed by atoms with Crippen LogP contribution < -0.4 is 11.5 Å². The van der Waals surface area contributed by atoms with Gasteiger partial charge in [-0.1, -0.05) is 0 Å². The van der Waals surface area contributed by atoms with E-state index in [0.717, 1.165) is 26.2 Å². The molecule has 0 aliphatic heterocycles. The van der Waals surface area contributed by atoms with Crippen LogP contribution in [0.1, 0.15) is 0 Å². The minimum absolute atomic E-state index is 0.698. The first-order valence-electron chi connectivity index (χ1n) is 4.03. The van der Waals surface area contributed by atoms with Crippen LogP contribution in [-0.2, 0) is 0 Å². The molecule has 0 unspecified atom stereocenters. The summed E-state index contributed by atoms with van der Waals surface area (Å²) >= 11 is 0. The number of likely N-dealkylation sites (N-methyl/N-ethyl adjacent to an activating group) is 1. The summed E-state index contributed by atoms with van der Waals surface area (Å²) in [7, 11) is 1.82. The molecule has 11 heavy (non-hydrogen) atoms. The van der Waals surface area contributed by atoms with E-state index in [1.807, 2.05) is 7.05 Å². The Bertz CT molecular complexity index is 70.8. The number of hydrogen-bond donors (Lipinski definition) is 2. The first-order chi connectivity index (χ1) is 5.35. The molecular weight excluding hydrogens is 140 g/mol. The molecule has 4 nitrogen and oxygen atoms in total. The van der Waals surface area contributed by atoms with Crippen molar-refractivity contribution in [3.05, 3.63) is 5.32 Å². The first kappa shape index (κ1) is 10.8. The predicted octanol–water partition coefficient (Wildman–Crippen LogP) is -0.791. The van der Waals surface area contributed by atoms with Crippen molar-refractivity contribution in [2.75, 3.05) is 46.3 Å². The van der Waals surface area contributed by atoms with Gasteiger partial charge in [-0.3, -0.25) is 0 Å². The van der Waals surface area contributed by atoms with Gasteiger partial charge in [-0.25, -0.2) is 0 Å². The molecule has 0 aliphatic carbocycles. The van der Waals surface area contributed by atoms with E-state index in [1.165, 1.54) is 0 Å². The van der Waals surface area contributed by atoms with Gasteiger partial charge in [-0.2, -0.15) is 7.05 Å². The molecular formula is C7H19N4-. The lowest BCUT2D eigenvalue weighted by Gasteiger charge is -2.23. The van der Waals surface area contributed by atoms with Gasteiger partial charge in [0.1, 0.15) is 0 Å². The summed E-state index contributed by atoms with van der Waals surface area (Å²) in [6.45, 7) is 5.10. The minimum Gasteiger partial charge on any atom is -0.664 e. The highest BCUT2D eigenvalue weighted by Crippen LogP contribution is 1.87. The van der Waals surface area contributed by atoms with Crippen LogP contribution in [0.25, 0.3) is 5.32 Å². The second kappa shape index (κ2) is 7.94. The fraction of sp³-hybridized carbons (Fsp3) is 1.00. The summed E-state index contributed by atoms with van der Waals surface area (Å²) in [5.74, 6) is 0. The van der Waals surface area contributed by atoms with Crippen molar-refractivity contribution in [1.82, 2.24) is 4.90 Å².